The number of nitrogen functional groups attached to an aromatic ring is 1. The summed E-state index contributed by atoms with van der Waals surface area (Å²) in [7, 11) is 0. The van der Waals surface area contributed by atoms with Gasteiger partial charge in [0.05, 0.1) is 0 Å². The average molecular weight is 244 g/mol. The van der Waals surface area contributed by atoms with Crippen molar-refractivity contribution in [3.63, 3.8) is 0 Å². The summed E-state index contributed by atoms with van der Waals surface area (Å²) >= 11 is 0. The lowest BCUT2D eigenvalue weighted by Crippen LogP contribution is -2.05. The molecule has 0 spiro atoms. The van der Waals surface area contributed by atoms with E-state index in [-0.39, 0.29) is 6.79 Å². The first kappa shape index (κ1) is 10.6. The number of aromatic nitrogens is 2. The van der Waals surface area contributed by atoms with Gasteiger partial charge in [0, 0.05) is 18.9 Å². The van der Waals surface area contributed by atoms with Gasteiger partial charge in [-0.15, -0.1) is 0 Å². The molecule has 0 saturated carbocycles. The second kappa shape index (κ2) is 4.40. The van der Waals surface area contributed by atoms with Gasteiger partial charge in [0.2, 0.25) is 6.79 Å². The minimum absolute atomic E-state index is 0.281. The third-order valence-electron chi connectivity index (χ3n) is 2.62. The lowest BCUT2D eigenvalue weighted by atomic mass is 10.2. The summed E-state index contributed by atoms with van der Waals surface area (Å²) in [6.07, 6.45) is 3.15. The van der Waals surface area contributed by atoms with Gasteiger partial charge in [0.1, 0.15) is 0 Å². The van der Waals surface area contributed by atoms with Gasteiger partial charge < -0.3 is 20.5 Å². The molecule has 0 unspecified atom stereocenters. The van der Waals surface area contributed by atoms with Gasteiger partial charge in [-0.25, -0.2) is 9.97 Å². The van der Waals surface area contributed by atoms with Gasteiger partial charge in [-0.1, -0.05) is 6.07 Å². The van der Waals surface area contributed by atoms with Crippen LogP contribution in [0.4, 0.5) is 11.6 Å². The van der Waals surface area contributed by atoms with Crippen molar-refractivity contribution in [2.75, 3.05) is 17.8 Å². The Bertz CT molecular complexity index is 574. The third-order valence-corrected chi connectivity index (χ3v) is 2.62. The number of benzene rings is 1. The number of hydrogen-bond acceptors (Lipinski definition) is 6. The van der Waals surface area contributed by atoms with Gasteiger partial charge in [0.25, 0.3) is 0 Å². The van der Waals surface area contributed by atoms with E-state index in [0.717, 1.165) is 17.1 Å². The molecule has 0 radical (unpaired) electrons. The van der Waals surface area contributed by atoms with Gasteiger partial charge >= 0.3 is 0 Å². The Labute approximate surface area is 104 Å². The van der Waals surface area contributed by atoms with Crippen molar-refractivity contribution < 1.29 is 9.47 Å². The predicted molar refractivity (Wildman–Crippen MR) is 66.3 cm³/mol. The maximum atomic E-state index is 5.69. The van der Waals surface area contributed by atoms with Crippen molar-refractivity contribution in [2.24, 2.45) is 0 Å². The van der Waals surface area contributed by atoms with E-state index in [0.29, 0.717) is 18.2 Å². The fraction of sp³-hybridized carbons (Fsp3) is 0.167. The Kier molecular flexibility index (Phi) is 2.60. The summed E-state index contributed by atoms with van der Waals surface area (Å²) in [6, 6.07) is 5.79. The Morgan fingerprint density at radius 1 is 1.17 bits per heavy atom. The zero-order valence-electron chi connectivity index (χ0n) is 9.59. The molecule has 2 aromatic rings. The number of ether oxygens (including phenoxy) is 2. The molecule has 0 amide bonds. The summed E-state index contributed by atoms with van der Waals surface area (Å²) in [6.45, 7) is 0.878. The zero-order valence-corrected chi connectivity index (χ0v) is 9.59. The molecule has 0 saturated heterocycles. The van der Waals surface area contributed by atoms with E-state index in [1.807, 2.05) is 18.2 Å². The number of hydrogen-bond donors (Lipinski definition) is 2. The molecule has 6 heteroatoms. The molecule has 1 aromatic heterocycles. The van der Waals surface area contributed by atoms with E-state index in [4.69, 9.17) is 15.2 Å². The van der Waals surface area contributed by atoms with Crippen molar-refractivity contribution in [1.29, 1.82) is 0 Å². The molecular formula is C12H12N4O2. The number of rotatable bonds is 3. The number of nitrogens with one attached hydrogen (secondary N) is 1. The average Bonchev–Trinajstić information content (AvgIpc) is 2.85. The lowest BCUT2D eigenvalue weighted by Gasteiger charge is -2.07. The Morgan fingerprint density at radius 2 is 2.00 bits per heavy atom. The highest BCUT2D eigenvalue weighted by Gasteiger charge is 2.13. The third kappa shape index (κ3) is 2.00. The standard InChI is InChI=1S/C12H12N4O2/c13-11-12(15-4-3-14-11)16-6-8-1-2-9-10(5-8)18-7-17-9/h1-5H,6-7H2,(H2,13,14)(H,15,16). The molecule has 1 aliphatic heterocycles. The minimum Gasteiger partial charge on any atom is -0.454 e. The van der Waals surface area contributed by atoms with E-state index >= 15 is 0 Å². The topological polar surface area (TPSA) is 82.3 Å². The number of fused-ring (bicyclic) bond motifs is 1. The van der Waals surface area contributed by atoms with Crippen LogP contribution in [0.25, 0.3) is 0 Å². The number of anilines is 2. The van der Waals surface area contributed by atoms with Crippen LogP contribution in [0, 0.1) is 0 Å². The summed E-state index contributed by atoms with van der Waals surface area (Å²) in [5, 5.41) is 3.13. The maximum absolute atomic E-state index is 5.69. The van der Waals surface area contributed by atoms with E-state index < -0.39 is 0 Å². The Hall–Kier alpha value is -2.50. The molecule has 0 atom stereocenters. The molecule has 92 valence electrons. The van der Waals surface area contributed by atoms with Gasteiger partial charge in [0.15, 0.2) is 23.1 Å². The first-order valence-electron chi connectivity index (χ1n) is 5.52. The number of nitrogens with two attached hydrogens (primary N) is 1. The molecule has 2 heterocycles. The predicted octanol–water partition coefficient (Wildman–Crippen LogP) is 1.40. The molecule has 6 nitrogen and oxygen atoms in total. The molecule has 3 N–H and O–H groups in total. The van der Waals surface area contributed by atoms with Crippen LogP contribution in [0.15, 0.2) is 30.6 Å². The lowest BCUT2D eigenvalue weighted by molar-refractivity contribution is 0.174. The summed E-state index contributed by atoms with van der Waals surface area (Å²) in [5.41, 5.74) is 6.75. The smallest absolute Gasteiger partial charge is 0.231 e. The van der Waals surface area contributed by atoms with Crippen LogP contribution >= 0.6 is 0 Å². The molecule has 3 rings (SSSR count). The first-order chi connectivity index (χ1) is 8.83. The van der Waals surface area contributed by atoms with Gasteiger partial charge in [-0.3, -0.25) is 0 Å². The SMILES string of the molecule is Nc1nccnc1NCc1ccc2c(c1)OCO2. The molecular weight excluding hydrogens is 232 g/mol. The Morgan fingerprint density at radius 3 is 2.89 bits per heavy atom. The van der Waals surface area contributed by atoms with E-state index in [9.17, 15) is 0 Å². The van der Waals surface area contributed by atoms with Crippen molar-refractivity contribution in [2.45, 2.75) is 6.54 Å². The fourth-order valence-corrected chi connectivity index (χ4v) is 1.72. The number of nitrogens with zero attached hydrogens (tertiary/aromatic N) is 2. The van der Waals surface area contributed by atoms with Crippen molar-refractivity contribution in [3.8, 4) is 11.5 Å². The second-order valence-corrected chi connectivity index (χ2v) is 3.83. The van der Waals surface area contributed by atoms with Crippen molar-refractivity contribution in [3.05, 3.63) is 36.2 Å². The molecule has 0 bridgehead atoms. The van der Waals surface area contributed by atoms with E-state index in [1.165, 1.54) is 0 Å². The molecule has 18 heavy (non-hydrogen) atoms. The summed E-state index contributed by atoms with van der Waals surface area (Å²) in [5.74, 6) is 2.51. The van der Waals surface area contributed by atoms with Crippen LogP contribution in [-0.2, 0) is 6.54 Å². The van der Waals surface area contributed by atoms with Gasteiger partial charge in [-0.2, -0.15) is 0 Å². The highest BCUT2D eigenvalue weighted by molar-refractivity contribution is 5.55. The molecule has 0 aliphatic carbocycles. The van der Waals surface area contributed by atoms with Crippen LogP contribution in [0.1, 0.15) is 5.56 Å². The highest BCUT2D eigenvalue weighted by Crippen LogP contribution is 2.32. The largest absolute Gasteiger partial charge is 0.454 e. The minimum atomic E-state index is 0.281. The zero-order chi connectivity index (χ0) is 12.4. The van der Waals surface area contributed by atoms with Crippen LogP contribution < -0.4 is 20.5 Å². The molecule has 1 aliphatic rings. The normalized spacial score (nSPS) is 12.4. The molecule has 1 aromatic carbocycles. The quantitative estimate of drug-likeness (QED) is 0.849. The highest BCUT2D eigenvalue weighted by atomic mass is 16.7. The Balaban J connectivity index is 1.72. The van der Waals surface area contributed by atoms with Crippen LogP contribution in [0.3, 0.4) is 0 Å². The van der Waals surface area contributed by atoms with Gasteiger partial charge in [-0.05, 0) is 17.7 Å². The second-order valence-electron chi connectivity index (χ2n) is 3.83. The fourth-order valence-electron chi connectivity index (χ4n) is 1.72. The molecule has 0 fully saturated rings. The maximum Gasteiger partial charge on any atom is 0.231 e. The monoisotopic (exact) mass is 244 g/mol. The van der Waals surface area contributed by atoms with Crippen molar-refractivity contribution in [1.82, 2.24) is 9.97 Å². The summed E-state index contributed by atoms with van der Waals surface area (Å²) < 4.78 is 10.6. The van der Waals surface area contributed by atoms with Crippen molar-refractivity contribution >= 4 is 11.6 Å². The van der Waals surface area contributed by atoms with Crippen LogP contribution in [-0.4, -0.2) is 16.8 Å². The van der Waals surface area contributed by atoms with Crippen LogP contribution in [0.2, 0.25) is 0 Å². The van der Waals surface area contributed by atoms with E-state index in [2.05, 4.69) is 15.3 Å². The summed E-state index contributed by atoms with van der Waals surface area (Å²) in [4.78, 5) is 8.07. The first-order valence-corrected chi connectivity index (χ1v) is 5.52. The van der Waals surface area contributed by atoms with E-state index in [1.54, 1.807) is 12.4 Å². The van der Waals surface area contributed by atoms with Crippen LogP contribution in [0.5, 0.6) is 11.5 Å².